The van der Waals surface area contributed by atoms with Gasteiger partial charge in [0.2, 0.25) is 0 Å². The normalized spacial score (nSPS) is 10.2. The Morgan fingerprint density at radius 1 is 1.69 bits per heavy atom. The van der Waals surface area contributed by atoms with Gasteiger partial charge in [0, 0.05) is 25.7 Å². The lowest BCUT2D eigenvalue weighted by Crippen LogP contribution is -2.26. The van der Waals surface area contributed by atoms with Crippen LogP contribution >= 0.6 is 15.9 Å². The van der Waals surface area contributed by atoms with Crippen molar-refractivity contribution in [1.82, 2.24) is 4.98 Å². The van der Waals surface area contributed by atoms with Crippen molar-refractivity contribution >= 4 is 27.4 Å². The van der Waals surface area contributed by atoms with Crippen molar-refractivity contribution in [2.75, 3.05) is 25.0 Å². The predicted molar refractivity (Wildman–Crippen MR) is 65.7 cm³/mol. The second-order valence-corrected chi connectivity index (χ2v) is 4.17. The lowest BCUT2D eigenvalue weighted by Gasteiger charge is -2.19. The third-order valence-electron chi connectivity index (χ3n) is 2.24. The summed E-state index contributed by atoms with van der Waals surface area (Å²) in [6.07, 6.45) is 1.27. The highest BCUT2D eigenvalue weighted by molar-refractivity contribution is 9.10. The summed E-state index contributed by atoms with van der Waals surface area (Å²) in [5, 5.41) is 10.7. The number of hydrogen-bond acceptors (Lipinski definition) is 5. The van der Waals surface area contributed by atoms with Gasteiger partial charge in [0.05, 0.1) is 9.40 Å². The van der Waals surface area contributed by atoms with Crippen molar-refractivity contribution in [2.45, 2.75) is 6.92 Å². The average Bonchev–Trinajstić information content (AvgIpc) is 2.21. The first-order chi connectivity index (χ1) is 7.49. The van der Waals surface area contributed by atoms with Gasteiger partial charge in [-0.3, -0.25) is 10.1 Å². The topological polar surface area (TPSA) is 85.3 Å². The summed E-state index contributed by atoms with van der Waals surface area (Å²) in [6.45, 7) is 2.83. The molecule has 7 heteroatoms. The van der Waals surface area contributed by atoms with Crippen molar-refractivity contribution in [1.29, 1.82) is 0 Å². The van der Waals surface area contributed by atoms with Crippen molar-refractivity contribution in [3.63, 3.8) is 0 Å². The molecule has 0 aliphatic heterocycles. The molecule has 0 spiro atoms. The number of nitrogens with zero attached hydrogens (tertiary/aromatic N) is 3. The third kappa shape index (κ3) is 2.48. The molecule has 2 N–H and O–H groups in total. The Bertz CT molecular complexity index is 411. The minimum absolute atomic E-state index is 0.0109. The van der Waals surface area contributed by atoms with Crippen LogP contribution < -0.4 is 10.6 Å². The molecule has 1 heterocycles. The van der Waals surface area contributed by atoms with E-state index < -0.39 is 4.92 Å². The quantitative estimate of drug-likeness (QED) is 0.670. The molecule has 0 saturated carbocycles. The smallest absolute Gasteiger partial charge is 0.291 e. The van der Waals surface area contributed by atoms with Gasteiger partial charge in [0.1, 0.15) is 12.0 Å². The average molecular weight is 289 g/mol. The first-order valence-electron chi connectivity index (χ1n) is 4.69. The maximum absolute atomic E-state index is 10.7. The fourth-order valence-corrected chi connectivity index (χ4v) is 1.91. The minimum atomic E-state index is -0.445. The molecular formula is C9H13BrN4O2. The molecule has 1 aromatic heterocycles. The van der Waals surface area contributed by atoms with Crippen molar-refractivity contribution in [2.24, 2.45) is 5.73 Å². The Morgan fingerprint density at radius 3 is 2.81 bits per heavy atom. The van der Waals surface area contributed by atoms with Gasteiger partial charge < -0.3 is 10.6 Å². The first kappa shape index (κ1) is 12.9. The van der Waals surface area contributed by atoms with Crippen molar-refractivity contribution < 1.29 is 4.92 Å². The van der Waals surface area contributed by atoms with Crippen LogP contribution in [-0.2, 0) is 0 Å². The lowest BCUT2D eigenvalue weighted by molar-refractivity contribution is -0.385. The van der Waals surface area contributed by atoms with Crippen LogP contribution in [0.1, 0.15) is 5.56 Å². The Labute approximate surface area is 102 Å². The van der Waals surface area contributed by atoms with Gasteiger partial charge in [-0.1, -0.05) is 0 Å². The summed E-state index contributed by atoms with van der Waals surface area (Å²) >= 11 is 3.32. The van der Waals surface area contributed by atoms with Crippen LogP contribution in [0.2, 0.25) is 0 Å². The number of halogens is 1. The van der Waals surface area contributed by atoms with E-state index in [2.05, 4.69) is 20.9 Å². The number of aromatic nitrogens is 1. The van der Waals surface area contributed by atoms with E-state index in [4.69, 9.17) is 5.73 Å². The van der Waals surface area contributed by atoms with E-state index in [-0.39, 0.29) is 5.69 Å². The molecule has 1 rings (SSSR count). The fraction of sp³-hybridized carbons (Fsp3) is 0.444. The molecule has 0 aliphatic rings. The molecular weight excluding hydrogens is 276 g/mol. The zero-order valence-electron chi connectivity index (χ0n) is 9.11. The first-order valence-corrected chi connectivity index (χ1v) is 5.49. The van der Waals surface area contributed by atoms with E-state index in [9.17, 15) is 10.1 Å². The zero-order chi connectivity index (χ0) is 12.3. The van der Waals surface area contributed by atoms with Gasteiger partial charge in [-0.05, 0) is 22.9 Å². The summed E-state index contributed by atoms with van der Waals surface area (Å²) in [6, 6.07) is 0. The summed E-state index contributed by atoms with van der Waals surface area (Å²) in [7, 11) is 1.84. The van der Waals surface area contributed by atoms with E-state index in [1.807, 2.05) is 11.9 Å². The highest BCUT2D eigenvalue weighted by atomic mass is 79.9. The van der Waals surface area contributed by atoms with Crippen LogP contribution in [0.15, 0.2) is 10.7 Å². The molecule has 16 heavy (non-hydrogen) atoms. The Balaban J connectivity index is 3.16. The number of rotatable bonds is 4. The molecule has 0 radical (unpaired) electrons. The Morgan fingerprint density at radius 2 is 2.31 bits per heavy atom. The van der Waals surface area contributed by atoms with Crippen molar-refractivity contribution in [3.05, 3.63) is 26.3 Å². The summed E-state index contributed by atoms with van der Waals surface area (Å²) < 4.78 is 0.637. The Kier molecular flexibility index (Phi) is 4.19. The van der Waals surface area contributed by atoms with Gasteiger partial charge in [0.25, 0.3) is 5.69 Å². The monoisotopic (exact) mass is 288 g/mol. The predicted octanol–water partition coefficient (Wildman–Crippen LogP) is 1.46. The molecule has 0 saturated heterocycles. The lowest BCUT2D eigenvalue weighted by atomic mass is 10.2. The van der Waals surface area contributed by atoms with Gasteiger partial charge in [-0.15, -0.1) is 0 Å². The standard InChI is InChI=1S/C9H13BrN4O2/c1-6-7(14(15)16)5-12-9(8(6)10)13(2)4-3-11/h5H,3-4,11H2,1-2H3. The van der Waals surface area contributed by atoms with E-state index in [0.29, 0.717) is 28.9 Å². The molecule has 1 aromatic rings. The van der Waals surface area contributed by atoms with E-state index in [1.165, 1.54) is 6.20 Å². The number of pyridine rings is 1. The van der Waals surface area contributed by atoms with Crippen LogP contribution in [-0.4, -0.2) is 30.0 Å². The maximum Gasteiger partial charge on any atom is 0.291 e. The third-order valence-corrected chi connectivity index (χ3v) is 3.19. The largest absolute Gasteiger partial charge is 0.357 e. The van der Waals surface area contributed by atoms with Crippen molar-refractivity contribution in [3.8, 4) is 0 Å². The molecule has 0 amide bonds. The molecule has 0 aliphatic carbocycles. The highest BCUT2D eigenvalue weighted by Crippen LogP contribution is 2.31. The van der Waals surface area contributed by atoms with Crippen LogP contribution in [0.25, 0.3) is 0 Å². The number of nitro groups is 1. The van der Waals surface area contributed by atoms with Gasteiger partial charge in [-0.2, -0.15) is 0 Å². The van der Waals surface area contributed by atoms with Crippen LogP contribution in [0.5, 0.6) is 0 Å². The molecule has 0 atom stereocenters. The second-order valence-electron chi connectivity index (χ2n) is 3.37. The van der Waals surface area contributed by atoms with Gasteiger partial charge >= 0.3 is 0 Å². The second kappa shape index (κ2) is 5.22. The zero-order valence-corrected chi connectivity index (χ0v) is 10.7. The number of nitrogens with two attached hydrogens (primary N) is 1. The van der Waals surface area contributed by atoms with Crippen LogP contribution in [0, 0.1) is 17.0 Å². The number of anilines is 1. The SMILES string of the molecule is Cc1c([N+](=O)[O-])cnc(N(C)CCN)c1Br. The molecule has 6 nitrogen and oxygen atoms in total. The van der Waals surface area contributed by atoms with Crippen LogP contribution in [0.3, 0.4) is 0 Å². The Hall–Kier alpha value is -1.21. The van der Waals surface area contributed by atoms with E-state index in [0.717, 1.165) is 0 Å². The number of likely N-dealkylation sites (N-methyl/N-ethyl adjacent to an activating group) is 1. The molecule has 0 aromatic carbocycles. The fourth-order valence-electron chi connectivity index (χ4n) is 1.31. The number of hydrogen-bond donors (Lipinski definition) is 1. The summed E-state index contributed by atoms with van der Waals surface area (Å²) in [5.74, 6) is 0.661. The van der Waals surface area contributed by atoms with Crippen LogP contribution in [0.4, 0.5) is 11.5 Å². The summed E-state index contributed by atoms with van der Waals surface area (Å²) in [4.78, 5) is 16.2. The van der Waals surface area contributed by atoms with Gasteiger partial charge in [0.15, 0.2) is 0 Å². The molecule has 0 fully saturated rings. The highest BCUT2D eigenvalue weighted by Gasteiger charge is 2.18. The molecule has 88 valence electrons. The van der Waals surface area contributed by atoms with Gasteiger partial charge in [-0.25, -0.2) is 4.98 Å². The minimum Gasteiger partial charge on any atom is -0.357 e. The maximum atomic E-state index is 10.7. The molecule has 0 unspecified atom stereocenters. The van der Waals surface area contributed by atoms with E-state index in [1.54, 1.807) is 6.92 Å². The van der Waals surface area contributed by atoms with E-state index >= 15 is 0 Å². The molecule has 0 bridgehead atoms. The summed E-state index contributed by atoms with van der Waals surface area (Å²) in [5.41, 5.74) is 6.02.